The molecule has 0 radical (unpaired) electrons. The van der Waals surface area contributed by atoms with E-state index in [2.05, 4.69) is 0 Å². The maximum Gasteiger partial charge on any atom is 0.317 e. The van der Waals surface area contributed by atoms with Gasteiger partial charge in [0, 0.05) is 6.54 Å². The van der Waals surface area contributed by atoms with E-state index < -0.39 is 11.1 Å². The van der Waals surface area contributed by atoms with Crippen molar-refractivity contribution in [1.29, 1.82) is 0 Å². The zero-order chi connectivity index (χ0) is 20.2. The first-order valence-electron chi connectivity index (χ1n) is 9.10. The summed E-state index contributed by atoms with van der Waals surface area (Å²) in [4.78, 5) is 44.2. The fraction of sp³-hybridized carbons (Fsp3) is 0.190. The molecule has 8 heteroatoms. The molecule has 2 aromatic rings. The van der Waals surface area contributed by atoms with Gasteiger partial charge < -0.3 is 9.64 Å². The number of amides is 3. The van der Waals surface area contributed by atoms with Crippen molar-refractivity contribution in [1.82, 2.24) is 9.96 Å². The Labute approximate surface area is 171 Å². The number of para-hydroxylation sites is 1. The quantitative estimate of drug-likeness (QED) is 0.536. The molecule has 0 spiro atoms. The van der Waals surface area contributed by atoms with Crippen LogP contribution in [-0.2, 0) is 9.63 Å². The Kier molecular flexibility index (Phi) is 5.64. The Morgan fingerprint density at radius 3 is 2.59 bits per heavy atom. The van der Waals surface area contributed by atoms with E-state index in [4.69, 9.17) is 9.57 Å². The number of hydroxylamine groups is 2. The highest BCUT2D eigenvalue weighted by atomic mass is 32.2. The number of rotatable bonds is 6. The highest BCUT2D eigenvalue weighted by Crippen LogP contribution is 2.32. The molecular formula is C21H18N2O5S. The number of fused-ring (bicyclic) bond motifs is 1. The molecule has 0 aromatic heterocycles. The highest BCUT2D eigenvalue weighted by molar-refractivity contribution is 8.18. The number of nitrogens with zero attached hydrogens (tertiary/aromatic N) is 2. The Hall–Kier alpha value is -3.10. The largest absolute Gasteiger partial charge is 0.472 e. The van der Waals surface area contributed by atoms with Crippen LogP contribution in [0.25, 0.3) is 6.08 Å². The minimum absolute atomic E-state index is 0.108. The zero-order valence-corrected chi connectivity index (χ0v) is 16.3. The van der Waals surface area contributed by atoms with Crippen molar-refractivity contribution in [3.63, 3.8) is 0 Å². The molecule has 1 fully saturated rings. The van der Waals surface area contributed by atoms with Crippen LogP contribution in [0.15, 0.2) is 59.5 Å². The summed E-state index contributed by atoms with van der Waals surface area (Å²) >= 11 is 0.844. The SMILES string of the molecule is O=C1c2ccccc2OCN1CCCON1C(=O)SC(=Cc2ccccc2)C1=O. The van der Waals surface area contributed by atoms with Crippen LogP contribution < -0.4 is 4.74 Å². The maximum atomic E-state index is 12.5. The minimum Gasteiger partial charge on any atom is -0.472 e. The van der Waals surface area contributed by atoms with Crippen molar-refractivity contribution in [3.8, 4) is 5.75 Å². The van der Waals surface area contributed by atoms with E-state index in [1.807, 2.05) is 36.4 Å². The fourth-order valence-electron chi connectivity index (χ4n) is 2.99. The van der Waals surface area contributed by atoms with Crippen LogP contribution in [0.3, 0.4) is 0 Å². The molecule has 29 heavy (non-hydrogen) atoms. The summed E-state index contributed by atoms with van der Waals surface area (Å²) in [6, 6.07) is 16.4. The van der Waals surface area contributed by atoms with Crippen molar-refractivity contribution in [2.75, 3.05) is 19.9 Å². The summed E-state index contributed by atoms with van der Waals surface area (Å²) < 4.78 is 5.58. The normalized spacial score (nSPS) is 17.7. The number of hydrogen-bond donors (Lipinski definition) is 0. The van der Waals surface area contributed by atoms with Gasteiger partial charge in [-0.1, -0.05) is 42.5 Å². The second-order valence-corrected chi connectivity index (χ2v) is 7.40. The first-order valence-corrected chi connectivity index (χ1v) is 9.92. The molecule has 0 bridgehead atoms. The average molecular weight is 410 g/mol. The van der Waals surface area contributed by atoms with Gasteiger partial charge in [-0.2, -0.15) is 0 Å². The topological polar surface area (TPSA) is 76.2 Å². The van der Waals surface area contributed by atoms with Crippen molar-refractivity contribution >= 4 is 34.9 Å². The van der Waals surface area contributed by atoms with Gasteiger partial charge in [0.2, 0.25) is 0 Å². The first kappa shape index (κ1) is 19.2. The van der Waals surface area contributed by atoms with Gasteiger partial charge in [-0.15, -0.1) is 5.06 Å². The lowest BCUT2D eigenvalue weighted by molar-refractivity contribution is -0.159. The number of hydrogen-bond acceptors (Lipinski definition) is 6. The van der Waals surface area contributed by atoms with Crippen LogP contribution in [-0.4, -0.2) is 46.9 Å². The average Bonchev–Trinajstić information content (AvgIpc) is 3.00. The molecule has 148 valence electrons. The van der Waals surface area contributed by atoms with Gasteiger partial charge in [0.25, 0.3) is 11.8 Å². The molecule has 2 heterocycles. The minimum atomic E-state index is -0.477. The summed E-state index contributed by atoms with van der Waals surface area (Å²) in [6.07, 6.45) is 2.12. The number of carbonyl (C=O) groups excluding carboxylic acids is 3. The summed E-state index contributed by atoms with van der Waals surface area (Å²) in [6.45, 7) is 0.683. The van der Waals surface area contributed by atoms with Crippen molar-refractivity contribution in [2.24, 2.45) is 0 Å². The van der Waals surface area contributed by atoms with Crippen LogP contribution in [0, 0.1) is 0 Å². The third-order valence-electron chi connectivity index (χ3n) is 4.43. The molecule has 0 unspecified atom stereocenters. The number of imide groups is 1. The smallest absolute Gasteiger partial charge is 0.317 e. The molecule has 4 rings (SSSR count). The monoisotopic (exact) mass is 410 g/mol. The molecule has 2 aliphatic heterocycles. The predicted octanol–water partition coefficient (Wildman–Crippen LogP) is 3.54. The van der Waals surface area contributed by atoms with Gasteiger partial charge >= 0.3 is 5.24 Å². The van der Waals surface area contributed by atoms with E-state index in [0.717, 1.165) is 22.4 Å². The third-order valence-corrected chi connectivity index (χ3v) is 5.28. The van der Waals surface area contributed by atoms with Crippen LogP contribution in [0.4, 0.5) is 4.79 Å². The van der Waals surface area contributed by atoms with Crippen molar-refractivity contribution < 1.29 is 24.0 Å². The Morgan fingerprint density at radius 1 is 1.00 bits per heavy atom. The van der Waals surface area contributed by atoms with Crippen LogP contribution in [0.5, 0.6) is 5.75 Å². The molecule has 1 saturated heterocycles. The lowest BCUT2D eigenvalue weighted by Gasteiger charge is -2.28. The molecule has 0 aliphatic carbocycles. The third kappa shape index (κ3) is 4.18. The number of benzene rings is 2. The highest BCUT2D eigenvalue weighted by Gasteiger charge is 2.36. The van der Waals surface area contributed by atoms with Gasteiger partial charge in [-0.05, 0) is 42.0 Å². The fourth-order valence-corrected chi connectivity index (χ4v) is 3.76. The Balaban J connectivity index is 1.29. The molecule has 2 aliphatic rings. The molecule has 3 amide bonds. The van der Waals surface area contributed by atoms with E-state index in [-0.39, 0.29) is 19.2 Å². The Bertz CT molecular complexity index is 976. The van der Waals surface area contributed by atoms with Crippen LogP contribution >= 0.6 is 11.8 Å². The summed E-state index contributed by atoms with van der Waals surface area (Å²) in [5.41, 5.74) is 1.36. The molecule has 7 nitrogen and oxygen atoms in total. The molecule has 0 saturated carbocycles. The number of thioether (sulfide) groups is 1. The van der Waals surface area contributed by atoms with Gasteiger partial charge in [-0.3, -0.25) is 19.2 Å². The summed E-state index contributed by atoms with van der Waals surface area (Å²) in [7, 11) is 0. The zero-order valence-electron chi connectivity index (χ0n) is 15.4. The lowest BCUT2D eigenvalue weighted by atomic mass is 10.1. The van der Waals surface area contributed by atoms with Gasteiger partial charge in [-0.25, -0.2) is 0 Å². The second-order valence-electron chi connectivity index (χ2n) is 6.41. The van der Waals surface area contributed by atoms with E-state index >= 15 is 0 Å². The second kappa shape index (κ2) is 8.50. The van der Waals surface area contributed by atoms with Crippen LogP contribution in [0.2, 0.25) is 0 Å². The predicted molar refractivity (Wildman–Crippen MR) is 108 cm³/mol. The molecular weight excluding hydrogens is 392 g/mol. The first-order chi connectivity index (χ1) is 14.1. The van der Waals surface area contributed by atoms with E-state index in [1.165, 1.54) is 0 Å². The number of ether oxygens (including phenoxy) is 1. The summed E-state index contributed by atoms with van der Waals surface area (Å²) in [5, 5.41) is 0.312. The van der Waals surface area contributed by atoms with Gasteiger partial charge in [0.05, 0.1) is 17.1 Å². The summed E-state index contributed by atoms with van der Waals surface area (Å²) in [5.74, 6) is -0.00742. The molecule has 0 atom stereocenters. The van der Waals surface area contributed by atoms with Gasteiger partial charge in [0.1, 0.15) is 5.75 Å². The van der Waals surface area contributed by atoms with E-state index in [0.29, 0.717) is 29.2 Å². The molecule has 2 aromatic carbocycles. The molecule has 0 N–H and O–H groups in total. The lowest BCUT2D eigenvalue weighted by Crippen LogP contribution is -2.39. The maximum absolute atomic E-state index is 12.5. The standard InChI is InChI=1S/C21H18N2O5S/c24-19-16-9-4-5-10-17(16)27-14-22(19)11-6-12-28-23-20(25)18(29-21(23)26)13-15-7-2-1-3-8-15/h1-5,7-10,13H,6,11-12,14H2. The van der Waals surface area contributed by atoms with Crippen molar-refractivity contribution in [3.05, 3.63) is 70.6 Å². The van der Waals surface area contributed by atoms with Crippen molar-refractivity contribution in [2.45, 2.75) is 6.42 Å². The van der Waals surface area contributed by atoms with Gasteiger partial charge in [0.15, 0.2) is 6.73 Å². The Morgan fingerprint density at radius 2 is 1.76 bits per heavy atom. The van der Waals surface area contributed by atoms with E-state index in [9.17, 15) is 14.4 Å². The van der Waals surface area contributed by atoms with Crippen LogP contribution in [0.1, 0.15) is 22.3 Å². The van der Waals surface area contributed by atoms with E-state index in [1.54, 1.807) is 29.2 Å². The number of carbonyl (C=O) groups is 3.